The lowest BCUT2D eigenvalue weighted by atomic mass is 10.0. The number of hydrogen-bond donors (Lipinski definition) is 1. The van der Waals surface area contributed by atoms with Crippen LogP contribution in [0.3, 0.4) is 0 Å². The van der Waals surface area contributed by atoms with Crippen LogP contribution in [0.1, 0.15) is 25.5 Å². The van der Waals surface area contributed by atoms with Gasteiger partial charge in [-0.3, -0.25) is 4.90 Å². The number of nitrogens with zero attached hydrogens (tertiary/aromatic N) is 1. The predicted octanol–water partition coefficient (Wildman–Crippen LogP) is 2.59. The minimum atomic E-state index is -0.369. The molecule has 0 aromatic heterocycles. The van der Waals surface area contributed by atoms with Crippen molar-refractivity contribution in [2.24, 2.45) is 5.73 Å². The lowest BCUT2D eigenvalue weighted by Crippen LogP contribution is -2.48. The van der Waals surface area contributed by atoms with Crippen LogP contribution >= 0.6 is 11.6 Å². The second kappa shape index (κ2) is 6.18. The molecule has 19 heavy (non-hydrogen) atoms. The van der Waals surface area contributed by atoms with Crippen molar-refractivity contribution in [1.29, 1.82) is 0 Å². The first-order valence-corrected chi connectivity index (χ1v) is 6.94. The average Bonchev–Trinajstić information content (AvgIpc) is 2.34. The van der Waals surface area contributed by atoms with Crippen LogP contribution in [0.25, 0.3) is 0 Å². The number of benzene rings is 1. The predicted molar refractivity (Wildman–Crippen MR) is 74.8 cm³/mol. The molecule has 0 spiro atoms. The lowest BCUT2D eigenvalue weighted by Gasteiger charge is -2.40. The Morgan fingerprint density at radius 3 is 2.63 bits per heavy atom. The normalized spacial score (nSPS) is 26.4. The quantitative estimate of drug-likeness (QED) is 0.928. The minimum Gasteiger partial charge on any atom is -0.373 e. The maximum absolute atomic E-state index is 14.1. The van der Waals surface area contributed by atoms with Gasteiger partial charge in [-0.15, -0.1) is 0 Å². The summed E-state index contributed by atoms with van der Waals surface area (Å²) < 4.78 is 19.8. The van der Waals surface area contributed by atoms with Gasteiger partial charge in [0.2, 0.25) is 0 Å². The smallest absolute Gasteiger partial charge is 0.146 e. The van der Waals surface area contributed by atoms with Crippen LogP contribution in [0.4, 0.5) is 4.39 Å². The van der Waals surface area contributed by atoms with E-state index in [2.05, 4.69) is 4.90 Å². The van der Waals surface area contributed by atoms with E-state index in [0.717, 1.165) is 13.1 Å². The van der Waals surface area contributed by atoms with Gasteiger partial charge in [-0.2, -0.15) is 0 Å². The van der Waals surface area contributed by atoms with E-state index in [0.29, 0.717) is 12.1 Å². The van der Waals surface area contributed by atoms with Gasteiger partial charge in [-0.25, -0.2) is 4.39 Å². The fourth-order valence-electron chi connectivity index (χ4n) is 2.72. The van der Waals surface area contributed by atoms with Gasteiger partial charge in [0.15, 0.2) is 0 Å². The number of ether oxygens (including phenoxy) is 1. The molecule has 0 radical (unpaired) electrons. The highest BCUT2D eigenvalue weighted by atomic mass is 35.5. The van der Waals surface area contributed by atoms with Crippen molar-refractivity contribution < 1.29 is 9.13 Å². The maximum Gasteiger partial charge on any atom is 0.146 e. The van der Waals surface area contributed by atoms with Gasteiger partial charge in [-0.1, -0.05) is 23.7 Å². The van der Waals surface area contributed by atoms with E-state index in [4.69, 9.17) is 22.1 Å². The van der Waals surface area contributed by atoms with E-state index in [1.165, 1.54) is 0 Å². The van der Waals surface area contributed by atoms with E-state index in [1.54, 1.807) is 18.2 Å². The molecule has 2 N–H and O–H groups in total. The Hall–Kier alpha value is -0.680. The summed E-state index contributed by atoms with van der Waals surface area (Å²) in [5.41, 5.74) is 6.42. The summed E-state index contributed by atoms with van der Waals surface area (Å²) in [5.74, 6) is -0.369. The topological polar surface area (TPSA) is 38.5 Å². The summed E-state index contributed by atoms with van der Waals surface area (Å²) in [4.78, 5) is 2.17. The van der Waals surface area contributed by atoms with Crippen LogP contribution in [0.2, 0.25) is 5.02 Å². The zero-order valence-electron chi connectivity index (χ0n) is 11.3. The van der Waals surface area contributed by atoms with Crippen molar-refractivity contribution in [3.8, 4) is 0 Å². The monoisotopic (exact) mass is 286 g/mol. The Morgan fingerprint density at radius 2 is 2.05 bits per heavy atom. The molecule has 5 heteroatoms. The van der Waals surface area contributed by atoms with E-state index in [1.807, 2.05) is 13.8 Å². The molecular formula is C14H20ClFN2O. The van der Waals surface area contributed by atoms with Gasteiger partial charge in [-0.05, 0) is 19.9 Å². The Kier molecular flexibility index (Phi) is 4.79. The number of nitrogens with two attached hydrogens (primary N) is 1. The fourth-order valence-corrected chi connectivity index (χ4v) is 2.90. The zero-order valence-corrected chi connectivity index (χ0v) is 12.0. The first-order valence-electron chi connectivity index (χ1n) is 6.56. The van der Waals surface area contributed by atoms with Gasteiger partial charge in [0, 0.05) is 25.2 Å². The molecule has 3 atom stereocenters. The number of hydrogen-bond acceptors (Lipinski definition) is 3. The van der Waals surface area contributed by atoms with Gasteiger partial charge in [0.25, 0.3) is 0 Å². The molecule has 1 aromatic rings. The summed E-state index contributed by atoms with van der Waals surface area (Å²) in [7, 11) is 0. The molecular weight excluding hydrogens is 267 g/mol. The summed E-state index contributed by atoms with van der Waals surface area (Å²) in [6.45, 7) is 5.89. The molecule has 0 aliphatic carbocycles. The molecule has 1 fully saturated rings. The van der Waals surface area contributed by atoms with E-state index in [-0.39, 0.29) is 29.1 Å². The molecule has 1 aliphatic rings. The molecule has 106 valence electrons. The van der Waals surface area contributed by atoms with E-state index in [9.17, 15) is 4.39 Å². The maximum atomic E-state index is 14.1. The van der Waals surface area contributed by atoms with Crippen LogP contribution in [0, 0.1) is 5.82 Å². The molecule has 3 nitrogen and oxygen atoms in total. The Labute approximate surface area is 118 Å². The molecule has 1 heterocycles. The van der Waals surface area contributed by atoms with Crippen molar-refractivity contribution in [3.05, 3.63) is 34.6 Å². The van der Waals surface area contributed by atoms with Crippen LogP contribution in [0.5, 0.6) is 0 Å². The van der Waals surface area contributed by atoms with Crippen LogP contribution < -0.4 is 5.73 Å². The van der Waals surface area contributed by atoms with Crippen molar-refractivity contribution >= 4 is 11.6 Å². The molecule has 0 saturated carbocycles. The van der Waals surface area contributed by atoms with Gasteiger partial charge >= 0.3 is 0 Å². The Balaban J connectivity index is 2.26. The molecule has 2 rings (SSSR count). The highest BCUT2D eigenvalue weighted by molar-refractivity contribution is 6.30. The molecule has 0 amide bonds. The van der Waals surface area contributed by atoms with Gasteiger partial charge < -0.3 is 10.5 Å². The molecule has 1 aliphatic heterocycles. The third kappa shape index (κ3) is 3.26. The number of halogens is 2. The van der Waals surface area contributed by atoms with E-state index >= 15 is 0 Å². The second-order valence-electron chi connectivity index (χ2n) is 5.11. The first-order chi connectivity index (χ1) is 9.02. The number of rotatable bonds is 3. The summed E-state index contributed by atoms with van der Waals surface area (Å²) >= 11 is 5.85. The van der Waals surface area contributed by atoms with Crippen molar-refractivity contribution in [3.63, 3.8) is 0 Å². The molecule has 1 unspecified atom stereocenters. The molecule has 0 bridgehead atoms. The highest BCUT2D eigenvalue weighted by Gasteiger charge is 2.29. The third-order valence-electron chi connectivity index (χ3n) is 3.45. The minimum absolute atomic E-state index is 0.125. The summed E-state index contributed by atoms with van der Waals surface area (Å²) in [6, 6.07) is 4.91. The standard InChI is InChI=1S/C14H20ClFN2O/c1-9-7-18(8-10(2)19-9)13(6-17)11-4-3-5-12(15)14(11)16/h3-5,9-10,13H,6-8,17H2,1-2H3/t9-,10+,13?. The Morgan fingerprint density at radius 1 is 1.42 bits per heavy atom. The second-order valence-corrected chi connectivity index (χ2v) is 5.51. The largest absolute Gasteiger partial charge is 0.373 e. The summed E-state index contributed by atoms with van der Waals surface area (Å²) in [6.07, 6.45) is 0.250. The highest BCUT2D eigenvalue weighted by Crippen LogP contribution is 2.29. The lowest BCUT2D eigenvalue weighted by molar-refractivity contribution is -0.0802. The fraction of sp³-hybridized carbons (Fsp3) is 0.571. The SMILES string of the molecule is C[C@@H]1CN(C(CN)c2cccc(Cl)c2F)C[C@H](C)O1. The third-order valence-corrected chi connectivity index (χ3v) is 3.74. The zero-order chi connectivity index (χ0) is 14.0. The summed E-state index contributed by atoms with van der Waals surface area (Å²) in [5, 5.41) is 0.144. The number of morpholine rings is 1. The van der Waals surface area contributed by atoms with Crippen LogP contribution in [0.15, 0.2) is 18.2 Å². The van der Waals surface area contributed by atoms with Gasteiger partial charge in [0.1, 0.15) is 5.82 Å². The average molecular weight is 287 g/mol. The van der Waals surface area contributed by atoms with E-state index < -0.39 is 0 Å². The van der Waals surface area contributed by atoms with Crippen molar-refractivity contribution in [2.45, 2.75) is 32.1 Å². The Bertz CT molecular complexity index is 433. The molecule has 1 aromatic carbocycles. The van der Waals surface area contributed by atoms with Crippen molar-refractivity contribution in [1.82, 2.24) is 4.90 Å². The van der Waals surface area contributed by atoms with Crippen LogP contribution in [-0.2, 0) is 4.74 Å². The molecule has 1 saturated heterocycles. The first kappa shape index (κ1) is 14.7. The van der Waals surface area contributed by atoms with Crippen molar-refractivity contribution in [2.75, 3.05) is 19.6 Å². The van der Waals surface area contributed by atoms with Gasteiger partial charge in [0.05, 0.1) is 23.3 Å². The van der Waals surface area contributed by atoms with Crippen LogP contribution in [-0.4, -0.2) is 36.7 Å².